The zero-order valence-electron chi connectivity index (χ0n) is 13.2. The van der Waals surface area contributed by atoms with Gasteiger partial charge in [0.05, 0.1) is 12.7 Å². The topological polar surface area (TPSA) is 9.23 Å². The van der Waals surface area contributed by atoms with E-state index in [1.165, 1.54) is 48.0 Å². The molecule has 0 fully saturated rings. The molecule has 1 nitrogen and oxygen atoms in total. The third-order valence-corrected chi connectivity index (χ3v) is 4.06. The minimum absolute atomic E-state index is 0.280. The molecule has 0 saturated heterocycles. The van der Waals surface area contributed by atoms with Gasteiger partial charge in [0.25, 0.3) is 0 Å². The van der Waals surface area contributed by atoms with Crippen LogP contribution in [-0.2, 0) is 4.74 Å². The quantitative estimate of drug-likeness (QED) is 0.518. The van der Waals surface area contributed by atoms with Crippen LogP contribution in [0.25, 0.3) is 0 Å². The summed E-state index contributed by atoms with van der Waals surface area (Å²) in [5.74, 6) is 0. The monoisotopic (exact) mass is 262 g/mol. The first-order valence-electron chi connectivity index (χ1n) is 7.83. The maximum absolute atomic E-state index is 5.83. The first-order valence-corrected chi connectivity index (χ1v) is 7.83. The SMILES string of the molecule is C=C(C(=CC)CCCC)C1=C(CCCC)C(C)OC1. The predicted molar refractivity (Wildman–Crippen MR) is 84.4 cm³/mol. The van der Waals surface area contributed by atoms with Gasteiger partial charge in [-0.1, -0.05) is 39.3 Å². The summed E-state index contributed by atoms with van der Waals surface area (Å²) in [6.45, 7) is 13.9. The van der Waals surface area contributed by atoms with E-state index in [9.17, 15) is 0 Å². The van der Waals surface area contributed by atoms with Crippen LogP contribution in [-0.4, -0.2) is 12.7 Å². The van der Waals surface area contributed by atoms with Crippen molar-refractivity contribution in [3.05, 3.63) is 34.9 Å². The Morgan fingerprint density at radius 3 is 2.58 bits per heavy atom. The highest BCUT2D eigenvalue weighted by molar-refractivity contribution is 5.49. The number of ether oxygens (including phenoxy) is 1. The van der Waals surface area contributed by atoms with Gasteiger partial charge in [-0.15, -0.1) is 0 Å². The molecule has 1 heterocycles. The Morgan fingerprint density at radius 1 is 1.32 bits per heavy atom. The average molecular weight is 262 g/mol. The third kappa shape index (κ3) is 4.35. The van der Waals surface area contributed by atoms with Crippen LogP contribution in [0.2, 0.25) is 0 Å². The van der Waals surface area contributed by atoms with Gasteiger partial charge in [0, 0.05) is 0 Å². The molecule has 108 valence electrons. The molecule has 1 atom stereocenters. The van der Waals surface area contributed by atoms with Gasteiger partial charge in [0.15, 0.2) is 0 Å². The highest BCUT2D eigenvalue weighted by Gasteiger charge is 2.24. The van der Waals surface area contributed by atoms with Crippen LogP contribution in [0.4, 0.5) is 0 Å². The molecule has 0 amide bonds. The van der Waals surface area contributed by atoms with Crippen molar-refractivity contribution in [3.63, 3.8) is 0 Å². The lowest BCUT2D eigenvalue weighted by atomic mass is 9.90. The lowest BCUT2D eigenvalue weighted by Gasteiger charge is -2.14. The van der Waals surface area contributed by atoms with Gasteiger partial charge < -0.3 is 4.74 Å². The van der Waals surface area contributed by atoms with Crippen molar-refractivity contribution in [1.82, 2.24) is 0 Å². The van der Waals surface area contributed by atoms with Gasteiger partial charge in [-0.3, -0.25) is 0 Å². The molecule has 0 aromatic heterocycles. The first-order chi connectivity index (χ1) is 9.15. The molecule has 0 aromatic carbocycles. The van der Waals surface area contributed by atoms with Gasteiger partial charge >= 0.3 is 0 Å². The smallest absolute Gasteiger partial charge is 0.0768 e. The number of unbranched alkanes of at least 4 members (excludes halogenated alkanes) is 2. The fraction of sp³-hybridized carbons (Fsp3) is 0.667. The van der Waals surface area contributed by atoms with Crippen LogP contribution in [0.5, 0.6) is 0 Å². The second-order valence-corrected chi connectivity index (χ2v) is 5.46. The van der Waals surface area contributed by atoms with Gasteiger partial charge in [-0.05, 0) is 61.8 Å². The standard InChI is InChI=1S/C18H30O/c1-6-9-11-16(8-3)14(4)18-13-19-15(5)17(18)12-10-7-2/h8,15H,4,6-7,9-13H2,1-3,5H3. The molecule has 1 rings (SSSR count). The summed E-state index contributed by atoms with van der Waals surface area (Å²) in [6, 6.07) is 0. The molecule has 1 unspecified atom stereocenters. The predicted octanol–water partition coefficient (Wildman–Crippen LogP) is 5.58. The number of allylic oxidation sites excluding steroid dienone is 2. The third-order valence-electron chi connectivity index (χ3n) is 4.06. The Morgan fingerprint density at radius 2 is 2.00 bits per heavy atom. The summed E-state index contributed by atoms with van der Waals surface area (Å²) in [5, 5.41) is 0. The molecular weight excluding hydrogens is 232 g/mol. The fourth-order valence-corrected chi connectivity index (χ4v) is 2.68. The summed E-state index contributed by atoms with van der Waals surface area (Å²) in [5.41, 5.74) is 5.50. The van der Waals surface area contributed by atoms with Gasteiger partial charge in [-0.25, -0.2) is 0 Å². The van der Waals surface area contributed by atoms with E-state index in [-0.39, 0.29) is 6.10 Å². The minimum Gasteiger partial charge on any atom is -0.369 e. The number of rotatable bonds is 8. The van der Waals surface area contributed by atoms with Crippen molar-refractivity contribution in [3.8, 4) is 0 Å². The molecule has 0 N–H and O–H groups in total. The van der Waals surface area contributed by atoms with E-state index in [4.69, 9.17) is 4.74 Å². The van der Waals surface area contributed by atoms with E-state index in [1.54, 1.807) is 0 Å². The lowest BCUT2D eigenvalue weighted by Crippen LogP contribution is -2.03. The van der Waals surface area contributed by atoms with Gasteiger partial charge in [0.2, 0.25) is 0 Å². The maximum atomic E-state index is 5.83. The molecule has 0 radical (unpaired) electrons. The van der Waals surface area contributed by atoms with Crippen molar-refractivity contribution >= 4 is 0 Å². The van der Waals surface area contributed by atoms with Crippen LogP contribution in [0.15, 0.2) is 34.9 Å². The van der Waals surface area contributed by atoms with Crippen molar-refractivity contribution in [2.75, 3.05) is 6.61 Å². The van der Waals surface area contributed by atoms with E-state index in [0.29, 0.717) is 0 Å². The Hall–Kier alpha value is -0.820. The molecule has 0 aliphatic carbocycles. The fourth-order valence-electron chi connectivity index (χ4n) is 2.68. The zero-order valence-corrected chi connectivity index (χ0v) is 13.2. The Labute approximate surface area is 119 Å². The largest absolute Gasteiger partial charge is 0.369 e. The van der Waals surface area contributed by atoms with E-state index in [2.05, 4.69) is 40.3 Å². The maximum Gasteiger partial charge on any atom is 0.0768 e. The summed E-state index contributed by atoms with van der Waals surface area (Å²) in [4.78, 5) is 0. The van der Waals surface area contributed by atoms with Crippen molar-refractivity contribution in [1.29, 1.82) is 0 Å². The van der Waals surface area contributed by atoms with Crippen molar-refractivity contribution in [2.45, 2.75) is 72.3 Å². The highest BCUT2D eigenvalue weighted by atomic mass is 16.5. The van der Waals surface area contributed by atoms with Crippen LogP contribution in [0.3, 0.4) is 0 Å². The summed E-state index contributed by atoms with van der Waals surface area (Å²) in [7, 11) is 0. The highest BCUT2D eigenvalue weighted by Crippen LogP contribution is 2.33. The van der Waals surface area contributed by atoms with Crippen LogP contribution < -0.4 is 0 Å². The molecule has 0 spiro atoms. The molecule has 19 heavy (non-hydrogen) atoms. The number of hydrogen-bond acceptors (Lipinski definition) is 1. The molecule has 1 aliphatic rings. The molecule has 1 aliphatic heterocycles. The first kappa shape index (κ1) is 16.2. The van der Waals surface area contributed by atoms with E-state index in [1.807, 2.05) is 0 Å². The molecule has 1 heteroatoms. The Kier molecular flexibility index (Phi) is 7.15. The van der Waals surface area contributed by atoms with Crippen molar-refractivity contribution < 1.29 is 4.74 Å². The Bertz CT molecular complexity index is 360. The molecule has 0 saturated carbocycles. The van der Waals surface area contributed by atoms with Gasteiger partial charge in [-0.2, -0.15) is 0 Å². The normalized spacial score (nSPS) is 20.2. The number of hydrogen-bond donors (Lipinski definition) is 0. The van der Waals surface area contributed by atoms with Crippen LogP contribution >= 0.6 is 0 Å². The second kappa shape index (κ2) is 8.37. The average Bonchev–Trinajstić information content (AvgIpc) is 2.78. The molecular formula is C18H30O. The summed E-state index contributed by atoms with van der Waals surface area (Å²) in [6.07, 6.45) is 9.78. The molecule has 0 bridgehead atoms. The summed E-state index contributed by atoms with van der Waals surface area (Å²) < 4.78 is 5.83. The summed E-state index contributed by atoms with van der Waals surface area (Å²) >= 11 is 0. The van der Waals surface area contributed by atoms with Gasteiger partial charge in [0.1, 0.15) is 0 Å². The van der Waals surface area contributed by atoms with E-state index in [0.717, 1.165) is 19.4 Å². The van der Waals surface area contributed by atoms with Crippen LogP contribution in [0, 0.1) is 0 Å². The minimum atomic E-state index is 0.280. The van der Waals surface area contributed by atoms with Crippen LogP contribution in [0.1, 0.15) is 66.2 Å². The van der Waals surface area contributed by atoms with E-state index >= 15 is 0 Å². The second-order valence-electron chi connectivity index (χ2n) is 5.46. The lowest BCUT2D eigenvalue weighted by molar-refractivity contribution is 0.132. The van der Waals surface area contributed by atoms with E-state index < -0.39 is 0 Å². The van der Waals surface area contributed by atoms with Crippen molar-refractivity contribution in [2.24, 2.45) is 0 Å². The zero-order chi connectivity index (χ0) is 14.3. The Balaban J connectivity index is 2.84. The molecule has 0 aromatic rings.